The highest BCUT2D eigenvalue weighted by molar-refractivity contribution is 5.95. The topological polar surface area (TPSA) is 71.8 Å². The van der Waals surface area contributed by atoms with Crippen molar-refractivity contribution in [1.82, 2.24) is 10.2 Å². The van der Waals surface area contributed by atoms with E-state index in [9.17, 15) is 9.59 Å². The minimum atomic E-state index is -0.200. The number of hydrogen-bond acceptors (Lipinski definition) is 4. The minimum absolute atomic E-state index is 0.0497. The molecular weight excluding hydrogens is 260 g/mol. The second-order valence-corrected chi connectivity index (χ2v) is 4.83. The standard InChI is InChI=1S/C14H20N2O4/c1-10-9-12(11(2)20-10)14(18)15-4-3-13(17)16-5-7-19-8-6-16/h9H,3-8H2,1-2H3,(H,15,18). The molecule has 2 amide bonds. The summed E-state index contributed by atoms with van der Waals surface area (Å²) < 4.78 is 10.5. The summed E-state index contributed by atoms with van der Waals surface area (Å²) in [4.78, 5) is 25.6. The molecule has 20 heavy (non-hydrogen) atoms. The van der Waals surface area contributed by atoms with Crippen LogP contribution in [0.5, 0.6) is 0 Å². The number of carbonyl (C=O) groups excluding carboxylic acids is 2. The molecule has 1 fully saturated rings. The summed E-state index contributed by atoms with van der Waals surface area (Å²) in [5, 5.41) is 2.75. The molecule has 1 aliphatic heterocycles. The SMILES string of the molecule is Cc1cc(C(=O)NCCC(=O)N2CCOCC2)c(C)o1. The van der Waals surface area contributed by atoms with E-state index >= 15 is 0 Å². The lowest BCUT2D eigenvalue weighted by Gasteiger charge is -2.26. The predicted molar refractivity (Wildman–Crippen MR) is 72.5 cm³/mol. The van der Waals surface area contributed by atoms with Gasteiger partial charge in [0.1, 0.15) is 11.5 Å². The molecule has 1 aromatic rings. The van der Waals surface area contributed by atoms with Gasteiger partial charge in [0.25, 0.3) is 5.91 Å². The third-order valence-corrected chi connectivity index (χ3v) is 3.27. The Labute approximate surface area is 118 Å². The molecule has 0 aromatic carbocycles. The summed E-state index contributed by atoms with van der Waals surface area (Å²) in [7, 11) is 0. The molecule has 0 aliphatic carbocycles. The monoisotopic (exact) mass is 280 g/mol. The Hall–Kier alpha value is -1.82. The summed E-state index contributed by atoms with van der Waals surface area (Å²) in [5.74, 6) is 1.15. The average molecular weight is 280 g/mol. The molecule has 110 valence electrons. The van der Waals surface area contributed by atoms with Crippen LogP contribution >= 0.6 is 0 Å². The molecule has 1 aliphatic rings. The molecule has 1 N–H and O–H groups in total. The zero-order valence-electron chi connectivity index (χ0n) is 11.9. The Morgan fingerprint density at radius 3 is 2.60 bits per heavy atom. The lowest BCUT2D eigenvalue weighted by molar-refractivity contribution is -0.135. The van der Waals surface area contributed by atoms with E-state index in [-0.39, 0.29) is 11.8 Å². The number of amides is 2. The highest BCUT2D eigenvalue weighted by Crippen LogP contribution is 2.13. The number of carbonyl (C=O) groups is 2. The number of nitrogens with zero attached hydrogens (tertiary/aromatic N) is 1. The Morgan fingerprint density at radius 2 is 2.00 bits per heavy atom. The zero-order chi connectivity index (χ0) is 14.5. The van der Waals surface area contributed by atoms with Gasteiger partial charge in [0.15, 0.2) is 0 Å². The van der Waals surface area contributed by atoms with Crippen molar-refractivity contribution in [3.63, 3.8) is 0 Å². The van der Waals surface area contributed by atoms with Crippen LogP contribution in [-0.4, -0.2) is 49.6 Å². The van der Waals surface area contributed by atoms with Crippen LogP contribution < -0.4 is 5.32 Å². The van der Waals surface area contributed by atoms with Gasteiger partial charge in [-0.15, -0.1) is 0 Å². The molecule has 0 radical (unpaired) electrons. The fourth-order valence-electron chi connectivity index (χ4n) is 2.21. The second-order valence-electron chi connectivity index (χ2n) is 4.83. The quantitative estimate of drug-likeness (QED) is 0.888. The largest absolute Gasteiger partial charge is 0.466 e. The average Bonchev–Trinajstić information content (AvgIpc) is 2.78. The van der Waals surface area contributed by atoms with Crippen LogP contribution in [0.2, 0.25) is 0 Å². The highest BCUT2D eigenvalue weighted by Gasteiger charge is 2.17. The third kappa shape index (κ3) is 3.60. The lowest BCUT2D eigenvalue weighted by atomic mass is 10.2. The van der Waals surface area contributed by atoms with Crippen molar-refractivity contribution < 1.29 is 18.7 Å². The molecule has 0 atom stereocenters. The maximum Gasteiger partial charge on any atom is 0.254 e. The molecule has 2 heterocycles. The van der Waals surface area contributed by atoms with Crippen molar-refractivity contribution in [2.75, 3.05) is 32.8 Å². The van der Waals surface area contributed by atoms with Crippen molar-refractivity contribution in [3.8, 4) is 0 Å². The molecule has 6 heteroatoms. The van der Waals surface area contributed by atoms with Gasteiger partial charge in [-0.05, 0) is 19.9 Å². The Morgan fingerprint density at radius 1 is 1.30 bits per heavy atom. The molecule has 1 saturated heterocycles. The second kappa shape index (κ2) is 6.56. The smallest absolute Gasteiger partial charge is 0.254 e. The Balaban J connectivity index is 1.76. The minimum Gasteiger partial charge on any atom is -0.466 e. The molecule has 6 nitrogen and oxygen atoms in total. The van der Waals surface area contributed by atoms with E-state index in [0.29, 0.717) is 56.4 Å². The van der Waals surface area contributed by atoms with Crippen LogP contribution in [0.3, 0.4) is 0 Å². The van der Waals surface area contributed by atoms with Crippen LogP contribution in [0.1, 0.15) is 28.3 Å². The highest BCUT2D eigenvalue weighted by atomic mass is 16.5. The number of ether oxygens (including phenoxy) is 1. The molecule has 0 bridgehead atoms. The Bertz CT molecular complexity index is 489. The summed E-state index contributed by atoms with van der Waals surface area (Å²) in [6.45, 7) is 6.32. The van der Waals surface area contributed by atoms with Crippen molar-refractivity contribution in [2.45, 2.75) is 20.3 Å². The van der Waals surface area contributed by atoms with E-state index < -0.39 is 0 Å². The molecule has 0 saturated carbocycles. The number of hydrogen-bond donors (Lipinski definition) is 1. The van der Waals surface area contributed by atoms with Gasteiger partial charge in [-0.3, -0.25) is 9.59 Å². The van der Waals surface area contributed by atoms with Gasteiger partial charge in [-0.1, -0.05) is 0 Å². The van der Waals surface area contributed by atoms with Crippen molar-refractivity contribution >= 4 is 11.8 Å². The summed E-state index contributed by atoms with van der Waals surface area (Å²) in [6, 6.07) is 1.70. The number of morpholine rings is 1. The van der Waals surface area contributed by atoms with Crippen LogP contribution in [-0.2, 0) is 9.53 Å². The first-order valence-electron chi connectivity index (χ1n) is 6.78. The van der Waals surface area contributed by atoms with Gasteiger partial charge in [-0.25, -0.2) is 0 Å². The summed E-state index contributed by atoms with van der Waals surface area (Å²) >= 11 is 0. The van der Waals surface area contributed by atoms with Gasteiger partial charge in [0, 0.05) is 26.1 Å². The fourth-order valence-corrected chi connectivity index (χ4v) is 2.21. The zero-order valence-corrected chi connectivity index (χ0v) is 11.9. The lowest BCUT2D eigenvalue weighted by Crippen LogP contribution is -2.42. The van der Waals surface area contributed by atoms with Crippen molar-refractivity contribution in [1.29, 1.82) is 0 Å². The number of rotatable bonds is 4. The van der Waals surface area contributed by atoms with Crippen molar-refractivity contribution in [2.24, 2.45) is 0 Å². The normalized spacial score (nSPS) is 15.2. The number of nitrogens with one attached hydrogen (secondary N) is 1. The first-order chi connectivity index (χ1) is 9.58. The van der Waals surface area contributed by atoms with E-state index in [1.165, 1.54) is 0 Å². The summed E-state index contributed by atoms with van der Waals surface area (Å²) in [5.41, 5.74) is 0.529. The van der Waals surface area contributed by atoms with E-state index in [2.05, 4.69) is 5.32 Å². The van der Waals surface area contributed by atoms with E-state index in [0.717, 1.165) is 0 Å². The molecule has 1 aromatic heterocycles. The molecule has 2 rings (SSSR count). The number of aryl methyl sites for hydroxylation is 2. The van der Waals surface area contributed by atoms with Crippen LogP contribution in [0, 0.1) is 13.8 Å². The van der Waals surface area contributed by atoms with Crippen LogP contribution in [0.15, 0.2) is 10.5 Å². The van der Waals surface area contributed by atoms with Gasteiger partial charge < -0.3 is 19.4 Å². The van der Waals surface area contributed by atoms with Crippen molar-refractivity contribution in [3.05, 3.63) is 23.2 Å². The maximum atomic E-state index is 11.9. The fraction of sp³-hybridized carbons (Fsp3) is 0.571. The molecular formula is C14H20N2O4. The Kier molecular flexibility index (Phi) is 4.79. The molecule has 0 unspecified atom stereocenters. The van der Waals surface area contributed by atoms with Gasteiger partial charge in [0.05, 0.1) is 18.8 Å². The van der Waals surface area contributed by atoms with Crippen LogP contribution in [0.4, 0.5) is 0 Å². The van der Waals surface area contributed by atoms with E-state index in [1.54, 1.807) is 24.8 Å². The predicted octanol–water partition coefficient (Wildman–Crippen LogP) is 0.875. The maximum absolute atomic E-state index is 11.9. The number of furan rings is 1. The van der Waals surface area contributed by atoms with Gasteiger partial charge in [-0.2, -0.15) is 0 Å². The van der Waals surface area contributed by atoms with E-state index in [1.807, 2.05) is 0 Å². The first kappa shape index (κ1) is 14.6. The van der Waals surface area contributed by atoms with Gasteiger partial charge >= 0.3 is 0 Å². The molecule has 0 spiro atoms. The summed E-state index contributed by atoms with van der Waals surface area (Å²) in [6.07, 6.45) is 0.307. The third-order valence-electron chi connectivity index (χ3n) is 3.27. The van der Waals surface area contributed by atoms with Crippen LogP contribution in [0.25, 0.3) is 0 Å². The van der Waals surface area contributed by atoms with Gasteiger partial charge in [0.2, 0.25) is 5.91 Å². The van der Waals surface area contributed by atoms with E-state index in [4.69, 9.17) is 9.15 Å². The first-order valence-corrected chi connectivity index (χ1v) is 6.78.